The van der Waals surface area contributed by atoms with E-state index in [0.29, 0.717) is 43.1 Å². The summed E-state index contributed by atoms with van der Waals surface area (Å²) in [5.74, 6) is 0.670. The molecule has 26 heavy (non-hydrogen) atoms. The minimum atomic E-state index is -0.0258. The number of carbonyl (C=O) groups is 2. The summed E-state index contributed by atoms with van der Waals surface area (Å²) in [6.45, 7) is 6.20. The molecule has 1 saturated heterocycles. The van der Waals surface area contributed by atoms with E-state index in [0.717, 1.165) is 5.56 Å². The average Bonchev–Trinajstić information content (AvgIpc) is 2.69. The fourth-order valence-corrected chi connectivity index (χ4v) is 3.11. The van der Waals surface area contributed by atoms with Crippen molar-refractivity contribution >= 4 is 11.8 Å². The summed E-state index contributed by atoms with van der Waals surface area (Å²) in [6, 6.07) is 12.9. The van der Waals surface area contributed by atoms with Crippen molar-refractivity contribution in [3.8, 4) is 5.75 Å². The molecular formula is C21H24N2O3. The predicted molar refractivity (Wildman–Crippen MR) is 101 cm³/mol. The quantitative estimate of drug-likeness (QED) is 0.853. The van der Waals surface area contributed by atoms with Crippen LogP contribution in [0, 0.1) is 13.8 Å². The van der Waals surface area contributed by atoms with Gasteiger partial charge in [0.15, 0.2) is 0 Å². The first-order valence-electron chi connectivity index (χ1n) is 8.79. The number of methoxy groups -OCH3 is 1. The predicted octanol–water partition coefficient (Wildman–Crippen LogP) is 2.91. The summed E-state index contributed by atoms with van der Waals surface area (Å²) in [6.07, 6.45) is 0. The second kappa shape index (κ2) is 7.60. The van der Waals surface area contributed by atoms with Crippen molar-refractivity contribution in [1.29, 1.82) is 0 Å². The second-order valence-corrected chi connectivity index (χ2v) is 6.62. The summed E-state index contributed by atoms with van der Waals surface area (Å²) in [5, 5.41) is 0. The Kier molecular flexibility index (Phi) is 5.26. The molecule has 0 unspecified atom stereocenters. The van der Waals surface area contributed by atoms with Crippen molar-refractivity contribution in [2.24, 2.45) is 0 Å². The summed E-state index contributed by atoms with van der Waals surface area (Å²) in [4.78, 5) is 29.0. The minimum Gasteiger partial charge on any atom is -0.497 e. The number of hydrogen-bond acceptors (Lipinski definition) is 3. The number of ether oxygens (including phenoxy) is 1. The number of hydrogen-bond donors (Lipinski definition) is 0. The molecule has 0 saturated carbocycles. The number of rotatable bonds is 3. The Morgan fingerprint density at radius 3 is 1.92 bits per heavy atom. The molecule has 5 nitrogen and oxygen atoms in total. The zero-order valence-electron chi connectivity index (χ0n) is 15.5. The highest BCUT2D eigenvalue weighted by Crippen LogP contribution is 2.17. The van der Waals surface area contributed by atoms with E-state index in [9.17, 15) is 9.59 Å². The Balaban J connectivity index is 1.64. The monoisotopic (exact) mass is 352 g/mol. The summed E-state index contributed by atoms with van der Waals surface area (Å²) >= 11 is 0. The molecule has 0 N–H and O–H groups in total. The van der Waals surface area contributed by atoms with Gasteiger partial charge in [0.1, 0.15) is 5.75 Å². The number of aryl methyl sites for hydroxylation is 2. The van der Waals surface area contributed by atoms with Gasteiger partial charge in [0.05, 0.1) is 7.11 Å². The Bertz CT molecular complexity index is 824. The Hall–Kier alpha value is -2.82. The van der Waals surface area contributed by atoms with Crippen molar-refractivity contribution in [3.63, 3.8) is 0 Å². The molecule has 2 aromatic rings. The van der Waals surface area contributed by atoms with Crippen molar-refractivity contribution in [3.05, 3.63) is 64.7 Å². The Morgan fingerprint density at radius 1 is 0.808 bits per heavy atom. The highest BCUT2D eigenvalue weighted by atomic mass is 16.5. The van der Waals surface area contributed by atoms with Crippen LogP contribution in [0.4, 0.5) is 0 Å². The van der Waals surface area contributed by atoms with Crippen LogP contribution in [0.1, 0.15) is 31.8 Å². The highest BCUT2D eigenvalue weighted by Gasteiger charge is 2.25. The third-order valence-corrected chi connectivity index (χ3v) is 4.92. The molecule has 1 heterocycles. The number of carbonyl (C=O) groups excluding carboxylic acids is 2. The summed E-state index contributed by atoms with van der Waals surface area (Å²) in [7, 11) is 1.58. The molecule has 0 aromatic heterocycles. The van der Waals surface area contributed by atoms with Gasteiger partial charge in [-0.2, -0.15) is 0 Å². The van der Waals surface area contributed by atoms with Gasteiger partial charge < -0.3 is 14.5 Å². The van der Waals surface area contributed by atoms with E-state index in [1.807, 2.05) is 49.1 Å². The van der Waals surface area contributed by atoms with E-state index >= 15 is 0 Å². The van der Waals surface area contributed by atoms with Crippen LogP contribution in [0.25, 0.3) is 0 Å². The molecule has 3 rings (SSSR count). The van der Waals surface area contributed by atoms with Crippen molar-refractivity contribution in [1.82, 2.24) is 9.80 Å². The third-order valence-electron chi connectivity index (χ3n) is 4.92. The standard InChI is InChI=1S/C21H24N2O3/c1-15-7-8-18(13-16(15)2)21(25)23-11-9-22(10-12-23)20(24)17-5-4-6-19(14-17)26-3/h4-8,13-14H,9-12H2,1-3H3. The van der Waals surface area contributed by atoms with Gasteiger partial charge in [-0.25, -0.2) is 0 Å². The van der Waals surface area contributed by atoms with Gasteiger partial charge in [-0.15, -0.1) is 0 Å². The van der Waals surface area contributed by atoms with Crippen LogP contribution in [0.2, 0.25) is 0 Å². The van der Waals surface area contributed by atoms with Gasteiger partial charge >= 0.3 is 0 Å². The molecule has 0 bridgehead atoms. The van der Waals surface area contributed by atoms with Crippen LogP contribution in [-0.4, -0.2) is 54.9 Å². The maximum Gasteiger partial charge on any atom is 0.254 e. The van der Waals surface area contributed by atoms with E-state index in [1.165, 1.54) is 5.56 Å². The smallest absolute Gasteiger partial charge is 0.254 e. The van der Waals surface area contributed by atoms with Crippen LogP contribution in [0.5, 0.6) is 5.75 Å². The van der Waals surface area contributed by atoms with Gasteiger partial charge in [0.25, 0.3) is 11.8 Å². The molecule has 0 spiro atoms. The van der Waals surface area contributed by atoms with Gasteiger partial charge in [0.2, 0.25) is 0 Å². The SMILES string of the molecule is COc1cccc(C(=O)N2CCN(C(=O)c3ccc(C)c(C)c3)CC2)c1. The molecule has 136 valence electrons. The van der Waals surface area contributed by atoms with E-state index in [4.69, 9.17) is 4.74 Å². The molecule has 5 heteroatoms. The van der Waals surface area contributed by atoms with Crippen molar-refractivity contribution in [2.45, 2.75) is 13.8 Å². The Morgan fingerprint density at radius 2 is 1.38 bits per heavy atom. The number of nitrogens with zero attached hydrogens (tertiary/aromatic N) is 2. The zero-order chi connectivity index (χ0) is 18.7. The lowest BCUT2D eigenvalue weighted by Crippen LogP contribution is -2.50. The van der Waals surface area contributed by atoms with Crippen LogP contribution in [-0.2, 0) is 0 Å². The molecule has 0 aliphatic carbocycles. The second-order valence-electron chi connectivity index (χ2n) is 6.62. The van der Waals surface area contributed by atoms with E-state index < -0.39 is 0 Å². The topological polar surface area (TPSA) is 49.9 Å². The van der Waals surface area contributed by atoms with E-state index in [2.05, 4.69) is 0 Å². The summed E-state index contributed by atoms with van der Waals surface area (Å²) < 4.78 is 5.18. The lowest BCUT2D eigenvalue weighted by Gasteiger charge is -2.35. The van der Waals surface area contributed by atoms with Crippen LogP contribution >= 0.6 is 0 Å². The molecule has 1 fully saturated rings. The zero-order valence-corrected chi connectivity index (χ0v) is 15.5. The molecule has 1 aliphatic heterocycles. The number of piperazine rings is 1. The molecule has 0 atom stereocenters. The van der Waals surface area contributed by atoms with Crippen LogP contribution < -0.4 is 4.74 Å². The third kappa shape index (κ3) is 3.72. The van der Waals surface area contributed by atoms with Crippen LogP contribution in [0.3, 0.4) is 0 Å². The lowest BCUT2D eigenvalue weighted by atomic mass is 10.1. The molecule has 2 amide bonds. The van der Waals surface area contributed by atoms with Gasteiger partial charge in [-0.05, 0) is 55.3 Å². The first kappa shape index (κ1) is 18.0. The van der Waals surface area contributed by atoms with E-state index in [1.54, 1.807) is 24.1 Å². The average molecular weight is 352 g/mol. The highest BCUT2D eigenvalue weighted by molar-refractivity contribution is 5.96. The molecular weight excluding hydrogens is 328 g/mol. The first-order chi connectivity index (χ1) is 12.5. The van der Waals surface area contributed by atoms with Gasteiger partial charge in [0, 0.05) is 37.3 Å². The Labute approximate surface area is 154 Å². The maximum atomic E-state index is 12.7. The number of amides is 2. The molecule has 0 radical (unpaired) electrons. The van der Waals surface area contributed by atoms with Crippen molar-refractivity contribution in [2.75, 3.05) is 33.3 Å². The molecule has 2 aromatic carbocycles. The first-order valence-corrected chi connectivity index (χ1v) is 8.79. The van der Waals surface area contributed by atoms with Crippen molar-refractivity contribution < 1.29 is 14.3 Å². The minimum absolute atomic E-state index is 0.0258. The molecule has 1 aliphatic rings. The lowest BCUT2D eigenvalue weighted by molar-refractivity contribution is 0.0535. The summed E-state index contributed by atoms with van der Waals surface area (Å²) in [5.41, 5.74) is 3.61. The van der Waals surface area contributed by atoms with Crippen LogP contribution in [0.15, 0.2) is 42.5 Å². The fraction of sp³-hybridized carbons (Fsp3) is 0.333. The largest absolute Gasteiger partial charge is 0.497 e. The van der Waals surface area contributed by atoms with Gasteiger partial charge in [-0.1, -0.05) is 12.1 Å². The number of benzene rings is 2. The maximum absolute atomic E-state index is 12.7. The fourth-order valence-electron chi connectivity index (χ4n) is 3.11. The van der Waals surface area contributed by atoms with Gasteiger partial charge in [-0.3, -0.25) is 9.59 Å². The van der Waals surface area contributed by atoms with E-state index in [-0.39, 0.29) is 11.8 Å². The normalized spacial score (nSPS) is 14.3.